The Bertz CT molecular complexity index is 1080. The van der Waals surface area contributed by atoms with Gasteiger partial charge in [0.25, 0.3) is 5.91 Å². The summed E-state index contributed by atoms with van der Waals surface area (Å²) in [6.45, 7) is 3.36. The number of amides is 2. The van der Waals surface area contributed by atoms with Crippen molar-refractivity contribution in [2.75, 3.05) is 5.32 Å². The van der Waals surface area contributed by atoms with E-state index >= 15 is 0 Å². The number of phenols is 1. The number of anilines is 1. The summed E-state index contributed by atoms with van der Waals surface area (Å²) in [6, 6.07) is 12.0. The van der Waals surface area contributed by atoms with Crippen LogP contribution in [0.5, 0.6) is 5.75 Å². The van der Waals surface area contributed by atoms with Crippen LogP contribution in [0.1, 0.15) is 10.4 Å². The number of rotatable bonds is 4. The molecule has 0 unspecified atom stereocenters. The number of aromatic nitrogens is 1. The van der Waals surface area contributed by atoms with Gasteiger partial charge in [-0.25, -0.2) is 5.43 Å². The Kier molecular flexibility index (Phi) is 4.85. The third kappa shape index (κ3) is 3.50. The van der Waals surface area contributed by atoms with E-state index in [0.29, 0.717) is 10.5 Å². The average molecular weight is 368 g/mol. The molecule has 8 heteroatoms. The SMILES string of the molecule is C=CC(=O)Nc1ccc(O)c(C(=O)N/N=c2/sc3ccccc3n2C)c1. The minimum absolute atomic E-state index is 0.000577. The van der Waals surface area contributed by atoms with Gasteiger partial charge in [0.15, 0.2) is 0 Å². The number of nitrogens with zero attached hydrogens (tertiary/aromatic N) is 2. The van der Waals surface area contributed by atoms with Crippen LogP contribution in [0.15, 0.2) is 60.2 Å². The lowest BCUT2D eigenvalue weighted by molar-refractivity contribution is -0.111. The van der Waals surface area contributed by atoms with Crippen molar-refractivity contribution in [2.45, 2.75) is 0 Å². The molecule has 1 heterocycles. The maximum Gasteiger partial charge on any atom is 0.275 e. The van der Waals surface area contributed by atoms with Crippen molar-refractivity contribution in [3.63, 3.8) is 0 Å². The number of aryl methyl sites for hydroxylation is 1. The number of carbonyl (C=O) groups excluding carboxylic acids is 2. The van der Waals surface area contributed by atoms with Crippen molar-refractivity contribution >= 4 is 39.1 Å². The third-order valence-corrected chi connectivity index (χ3v) is 4.77. The molecule has 3 aromatic rings. The normalized spacial score (nSPS) is 11.3. The van der Waals surface area contributed by atoms with Crippen molar-refractivity contribution < 1.29 is 14.7 Å². The summed E-state index contributed by atoms with van der Waals surface area (Å²) < 4.78 is 2.90. The highest BCUT2D eigenvalue weighted by molar-refractivity contribution is 7.16. The molecule has 0 aliphatic heterocycles. The van der Waals surface area contributed by atoms with E-state index in [9.17, 15) is 14.7 Å². The van der Waals surface area contributed by atoms with Crippen molar-refractivity contribution in [3.05, 3.63) is 65.5 Å². The van der Waals surface area contributed by atoms with Crippen molar-refractivity contribution in [1.29, 1.82) is 0 Å². The Morgan fingerprint density at radius 2 is 2.04 bits per heavy atom. The van der Waals surface area contributed by atoms with Crippen LogP contribution in [-0.2, 0) is 11.8 Å². The summed E-state index contributed by atoms with van der Waals surface area (Å²) >= 11 is 1.43. The maximum atomic E-state index is 12.4. The highest BCUT2D eigenvalue weighted by atomic mass is 32.1. The number of para-hydroxylation sites is 1. The Hall–Kier alpha value is -3.39. The van der Waals surface area contributed by atoms with E-state index in [0.717, 1.165) is 16.3 Å². The largest absolute Gasteiger partial charge is 0.507 e. The number of hydrogen-bond donors (Lipinski definition) is 3. The molecule has 2 amide bonds. The first kappa shape index (κ1) is 17.4. The molecular formula is C18H16N4O3S. The molecule has 3 N–H and O–H groups in total. The second-order valence-electron chi connectivity index (χ2n) is 5.39. The number of aromatic hydroxyl groups is 1. The monoisotopic (exact) mass is 368 g/mol. The minimum atomic E-state index is -0.588. The first-order chi connectivity index (χ1) is 12.5. The Morgan fingerprint density at radius 3 is 2.77 bits per heavy atom. The molecule has 0 bridgehead atoms. The number of benzene rings is 2. The summed E-state index contributed by atoms with van der Waals surface area (Å²) in [7, 11) is 1.85. The van der Waals surface area contributed by atoms with Gasteiger partial charge in [0.05, 0.1) is 15.8 Å². The zero-order valence-corrected chi connectivity index (χ0v) is 14.7. The summed E-state index contributed by atoms with van der Waals surface area (Å²) in [5.41, 5.74) is 3.80. The lowest BCUT2D eigenvalue weighted by Gasteiger charge is -2.07. The van der Waals surface area contributed by atoms with Crippen LogP contribution in [-0.4, -0.2) is 21.5 Å². The number of hydrogen-bond acceptors (Lipinski definition) is 5. The molecule has 0 radical (unpaired) electrons. The molecule has 0 fully saturated rings. The first-order valence-corrected chi connectivity index (χ1v) is 8.46. The molecule has 0 aliphatic rings. The molecule has 0 aliphatic carbocycles. The molecular weight excluding hydrogens is 352 g/mol. The van der Waals surface area contributed by atoms with Crippen LogP contribution >= 0.6 is 11.3 Å². The van der Waals surface area contributed by atoms with E-state index in [4.69, 9.17) is 0 Å². The number of fused-ring (bicyclic) bond motifs is 1. The second kappa shape index (κ2) is 7.24. The highest BCUT2D eigenvalue weighted by Gasteiger charge is 2.12. The highest BCUT2D eigenvalue weighted by Crippen LogP contribution is 2.21. The van der Waals surface area contributed by atoms with E-state index in [-0.39, 0.29) is 11.3 Å². The molecule has 2 aromatic carbocycles. The molecule has 0 spiro atoms. The zero-order valence-electron chi connectivity index (χ0n) is 13.9. The predicted octanol–water partition coefficient (Wildman–Crippen LogP) is 2.32. The summed E-state index contributed by atoms with van der Waals surface area (Å²) in [5.74, 6) is -1.21. The minimum Gasteiger partial charge on any atom is -0.507 e. The molecule has 1 aromatic heterocycles. The van der Waals surface area contributed by atoms with Gasteiger partial charge in [0.2, 0.25) is 10.7 Å². The van der Waals surface area contributed by atoms with Gasteiger partial charge in [0.1, 0.15) is 5.75 Å². The van der Waals surface area contributed by atoms with Gasteiger partial charge in [-0.05, 0) is 36.4 Å². The number of carbonyl (C=O) groups is 2. The van der Waals surface area contributed by atoms with Crippen LogP contribution in [0.25, 0.3) is 10.2 Å². The van der Waals surface area contributed by atoms with Crippen LogP contribution in [0.3, 0.4) is 0 Å². The second-order valence-corrected chi connectivity index (χ2v) is 6.40. The Morgan fingerprint density at radius 1 is 1.27 bits per heavy atom. The van der Waals surface area contributed by atoms with Gasteiger partial charge in [0, 0.05) is 12.7 Å². The quantitative estimate of drug-likeness (QED) is 0.375. The smallest absolute Gasteiger partial charge is 0.275 e. The lowest BCUT2D eigenvalue weighted by atomic mass is 10.1. The van der Waals surface area contributed by atoms with E-state index < -0.39 is 11.8 Å². The fourth-order valence-electron chi connectivity index (χ4n) is 2.34. The molecule has 132 valence electrons. The van der Waals surface area contributed by atoms with Crippen molar-refractivity contribution in [3.8, 4) is 5.75 Å². The molecule has 0 saturated heterocycles. The predicted molar refractivity (Wildman–Crippen MR) is 101 cm³/mol. The molecule has 0 saturated carbocycles. The zero-order chi connectivity index (χ0) is 18.7. The Labute approximate surface area is 152 Å². The van der Waals surface area contributed by atoms with Gasteiger partial charge in [-0.2, -0.15) is 0 Å². The number of phenolic OH excluding ortho intramolecular Hbond substituents is 1. The van der Waals surface area contributed by atoms with Gasteiger partial charge < -0.3 is 15.0 Å². The average Bonchev–Trinajstić information content (AvgIpc) is 2.97. The fourth-order valence-corrected chi connectivity index (χ4v) is 3.32. The molecule has 0 atom stereocenters. The fraction of sp³-hybridized carbons (Fsp3) is 0.0556. The summed E-state index contributed by atoms with van der Waals surface area (Å²) in [4.78, 5) is 24.3. The van der Waals surface area contributed by atoms with Crippen LogP contribution in [0.4, 0.5) is 5.69 Å². The van der Waals surface area contributed by atoms with Crippen LogP contribution in [0.2, 0.25) is 0 Å². The van der Waals surface area contributed by atoms with E-state index in [2.05, 4.69) is 22.4 Å². The summed E-state index contributed by atoms with van der Waals surface area (Å²) in [6.07, 6.45) is 1.11. The van der Waals surface area contributed by atoms with E-state index in [1.807, 2.05) is 35.9 Å². The topological polar surface area (TPSA) is 95.7 Å². The van der Waals surface area contributed by atoms with Crippen LogP contribution in [0, 0.1) is 0 Å². The summed E-state index contributed by atoms with van der Waals surface area (Å²) in [5, 5.41) is 16.6. The van der Waals surface area contributed by atoms with E-state index in [1.165, 1.54) is 29.5 Å². The maximum absolute atomic E-state index is 12.4. The van der Waals surface area contributed by atoms with Crippen molar-refractivity contribution in [1.82, 2.24) is 9.99 Å². The molecule has 3 rings (SSSR count). The van der Waals surface area contributed by atoms with Gasteiger partial charge in [-0.3, -0.25) is 9.59 Å². The number of thiazole rings is 1. The lowest BCUT2D eigenvalue weighted by Crippen LogP contribution is -2.23. The molecule has 26 heavy (non-hydrogen) atoms. The van der Waals surface area contributed by atoms with Crippen molar-refractivity contribution in [2.24, 2.45) is 12.1 Å². The Balaban J connectivity index is 1.87. The third-order valence-electron chi connectivity index (χ3n) is 3.66. The van der Waals surface area contributed by atoms with Gasteiger partial charge in [-0.15, -0.1) is 5.10 Å². The van der Waals surface area contributed by atoms with Crippen LogP contribution < -0.4 is 15.5 Å². The van der Waals surface area contributed by atoms with E-state index in [1.54, 1.807) is 0 Å². The van der Waals surface area contributed by atoms with Gasteiger partial charge >= 0.3 is 0 Å². The molecule has 7 nitrogen and oxygen atoms in total. The standard InChI is InChI=1S/C18H16N4O3S/c1-3-16(24)19-11-8-9-14(23)12(10-11)17(25)20-21-18-22(2)13-6-4-5-7-15(13)26-18/h3-10,23H,1H2,2H3,(H,19,24)(H,20,25)/b21-18+. The van der Waals surface area contributed by atoms with Gasteiger partial charge in [-0.1, -0.05) is 30.0 Å². The number of nitrogens with one attached hydrogen (secondary N) is 2. The first-order valence-electron chi connectivity index (χ1n) is 7.64.